The number of amides is 2. The van der Waals surface area contributed by atoms with Crippen LogP contribution in [0.1, 0.15) is 42.1 Å². The van der Waals surface area contributed by atoms with Gasteiger partial charge in [-0.15, -0.1) is 0 Å². The van der Waals surface area contributed by atoms with Crippen molar-refractivity contribution in [2.24, 2.45) is 0 Å². The monoisotopic (exact) mass is 244 g/mol. The van der Waals surface area contributed by atoms with E-state index in [2.05, 4.69) is 0 Å². The maximum absolute atomic E-state index is 12.4. The minimum atomic E-state index is -0.424. The van der Waals surface area contributed by atoms with E-state index in [-0.39, 0.29) is 11.8 Å². The number of hydrogen-bond acceptors (Lipinski definition) is 3. The second-order valence-electron chi connectivity index (χ2n) is 5.15. The van der Waals surface area contributed by atoms with Crippen molar-refractivity contribution < 1.29 is 9.59 Å². The predicted octanol–water partition coefficient (Wildman–Crippen LogP) is 1.69. The van der Waals surface area contributed by atoms with E-state index >= 15 is 0 Å². The Morgan fingerprint density at radius 1 is 1.33 bits per heavy atom. The maximum Gasteiger partial charge on any atom is 0.260 e. The maximum atomic E-state index is 12.4. The van der Waals surface area contributed by atoms with E-state index in [0.717, 1.165) is 24.8 Å². The molecule has 1 aliphatic heterocycles. The van der Waals surface area contributed by atoms with E-state index in [1.165, 1.54) is 4.90 Å². The number of fused-ring (bicyclic) bond motifs is 2. The topological polar surface area (TPSA) is 63.4 Å². The van der Waals surface area contributed by atoms with Crippen LogP contribution in [-0.2, 0) is 10.2 Å². The molecule has 0 aromatic heterocycles. The fourth-order valence-corrected chi connectivity index (χ4v) is 2.80. The molecule has 1 saturated carbocycles. The molecule has 2 N–H and O–H groups in total. The second kappa shape index (κ2) is 3.57. The van der Waals surface area contributed by atoms with Crippen molar-refractivity contribution >= 4 is 17.5 Å². The van der Waals surface area contributed by atoms with Gasteiger partial charge in [0.25, 0.3) is 5.91 Å². The van der Waals surface area contributed by atoms with E-state index in [9.17, 15) is 9.59 Å². The summed E-state index contributed by atoms with van der Waals surface area (Å²) >= 11 is 0. The number of benzene rings is 1. The highest BCUT2D eigenvalue weighted by Crippen LogP contribution is 2.53. The summed E-state index contributed by atoms with van der Waals surface area (Å²) in [5.74, 6) is -0.215. The van der Waals surface area contributed by atoms with E-state index in [1.807, 2.05) is 13.0 Å². The predicted molar refractivity (Wildman–Crippen MR) is 68.1 cm³/mol. The summed E-state index contributed by atoms with van der Waals surface area (Å²) in [5, 5.41) is 0. The van der Waals surface area contributed by atoms with Crippen LogP contribution in [0.15, 0.2) is 18.2 Å². The Morgan fingerprint density at radius 3 is 2.67 bits per heavy atom. The molecule has 2 amide bonds. The molecule has 1 heterocycles. The second-order valence-corrected chi connectivity index (χ2v) is 5.15. The van der Waals surface area contributed by atoms with Gasteiger partial charge in [0.1, 0.15) is 0 Å². The number of carbonyl (C=O) groups is 2. The fraction of sp³-hybridized carbons (Fsp3) is 0.429. The van der Waals surface area contributed by atoms with E-state index < -0.39 is 5.41 Å². The molecule has 1 aliphatic carbocycles. The molecule has 4 nitrogen and oxygen atoms in total. The lowest BCUT2D eigenvalue weighted by Crippen LogP contribution is -2.48. The summed E-state index contributed by atoms with van der Waals surface area (Å²) in [6.07, 6.45) is 2.47. The van der Waals surface area contributed by atoms with Crippen molar-refractivity contribution in [1.82, 2.24) is 4.90 Å². The number of nitrogens with zero attached hydrogens (tertiary/aromatic N) is 1. The molecule has 0 unspecified atom stereocenters. The van der Waals surface area contributed by atoms with Gasteiger partial charge in [0, 0.05) is 17.8 Å². The lowest BCUT2D eigenvalue weighted by molar-refractivity contribution is -0.131. The Kier molecular flexibility index (Phi) is 2.24. The zero-order valence-corrected chi connectivity index (χ0v) is 10.4. The van der Waals surface area contributed by atoms with E-state index in [0.29, 0.717) is 17.8 Å². The Morgan fingerprint density at radius 2 is 2.06 bits per heavy atom. The van der Waals surface area contributed by atoms with Crippen LogP contribution in [0, 0.1) is 0 Å². The molecule has 18 heavy (non-hydrogen) atoms. The number of nitrogen functional groups attached to an aromatic ring is 1. The number of carbonyl (C=O) groups excluding carboxylic acids is 2. The highest BCUT2D eigenvalue weighted by molar-refractivity contribution is 6.14. The van der Waals surface area contributed by atoms with E-state index in [1.54, 1.807) is 12.1 Å². The van der Waals surface area contributed by atoms with Crippen molar-refractivity contribution in [2.45, 2.75) is 31.6 Å². The lowest BCUT2D eigenvalue weighted by atomic mass is 9.85. The van der Waals surface area contributed by atoms with Crippen molar-refractivity contribution in [2.75, 3.05) is 12.3 Å². The highest BCUT2D eigenvalue weighted by atomic mass is 16.2. The van der Waals surface area contributed by atoms with Crippen LogP contribution in [0.3, 0.4) is 0 Å². The number of rotatable bonds is 2. The third kappa shape index (κ3) is 1.32. The number of imide groups is 1. The molecule has 2 aliphatic rings. The normalized spacial score (nSPS) is 20.2. The van der Waals surface area contributed by atoms with Gasteiger partial charge in [-0.05, 0) is 37.0 Å². The van der Waals surface area contributed by atoms with Gasteiger partial charge in [0.2, 0.25) is 5.91 Å². The van der Waals surface area contributed by atoms with Gasteiger partial charge in [0.05, 0.1) is 5.41 Å². The minimum Gasteiger partial charge on any atom is -0.399 e. The molecule has 1 fully saturated rings. The molecular formula is C14H16N2O2. The van der Waals surface area contributed by atoms with Gasteiger partial charge >= 0.3 is 0 Å². The van der Waals surface area contributed by atoms with Crippen molar-refractivity contribution in [3.8, 4) is 0 Å². The summed E-state index contributed by atoms with van der Waals surface area (Å²) in [4.78, 5) is 26.2. The third-order valence-corrected chi connectivity index (χ3v) is 3.89. The molecule has 1 aromatic carbocycles. The van der Waals surface area contributed by atoms with Crippen LogP contribution in [-0.4, -0.2) is 23.3 Å². The first-order valence-corrected chi connectivity index (χ1v) is 6.36. The first kappa shape index (κ1) is 11.3. The first-order chi connectivity index (χ1) is 8.60. The number of nitrogens with two attached hydrogens (primary N) is 1. The molecule has 0 bridgehead atoms. The molecule has 1 spiro atoms. The van der Waals surface area contributed by atoms with Gasteiger partial charge in [-0.1, -0.05) is 13.0 Å². The van der Waals surface area contributed by atoms with Crippen LogP contribution >= 0.6 is 0 Å². The Bertz CT molecular complexity index is 547. The smallest absolute Gasteiger partial charge is 0.260 e. The first-order valence-electron chi connectivity index (χ1n) is 6.36. The Hall–Kier alpha value is -1.84. The fourth-order valence-electron chi connectivity index (χ4n) is 2.80. The Labute approximate surface area is 106 Å². The molecule has 3 rings (SSSR count). The van der Waals surface area contributed by atoms with Crippen LogP contribution < -0.4 is 5.73 Å². The van der Waals surface area contributed by atoms with Crippen LogP contribution in [0.25, 0.3) is 0 Å². The molecule has 1 aromatic rings. The van der Waals surface area contributed by atoms with E-state index in [4.69, 9.17) is 5.73 Å². The van der Waals surface area contributed by atoms with Crippen molar-refractivity contribution in [3.63, 3.8) is 0 Å². The molecule has 94 valence electrons. The van der Waals surface area contributed by atoms with Crippen LogP contribution in [0.2, 0.25) is 0 Å². The van der Waals surface area contributed by atoms with Crippen molar-refractivity contribution in [3.05, 3.63) is 29.3 Å². The van der Waals surface area contributed by atoms with Crippen molar-refractivity contribution in [1.29, 1.82) is 0 Å². The minimum absolute atomic E-state index is 0.0216. The summed E-state index contributed by atoms with van der Waals surface area (Å²) in [7, 11) is 0. The molecule has 0 saturated heterocycles. The zero-order chi connectivity index (χ0) is 12.9. The number of anilines is 1. The molecule has 0 radical (unpaired) electrons. The summed E-state index contributed by atoms with van der Waals surface area (Å²) in [6.45, 7) is 2.46. The van der Waals surface area contributed by atoms with Crippen LogP contribution in [0.4, 0.5) is 5.69 Å². The quantitative estimate of drug-likeness (QED) is 0.636. The van der Waals surface area contributed by atoms with Crippen LogP contribution in [0.5, 0.6) is 0 Å². The third-order valence-electron chi connectivity index (χ3n) is 3.89. The molecule has 0 atom stereocenters. The average molecular weight is 244 g/mol. The largest absolute Gasteiger partial charge is 0.399 e. The zero-order valence-electron chi connectivity index (χ0n) is 10.4. The lowest BCUT2D eigenvalue weighted by Gasteiger charge is -2.32. The van der Waals surface area contributed by atoms with Gasteiger partial charge in [-0.3, -0.25) is 14.5 Å². The highest BCUT2D eigenvalue weighted by Gasteiger charge is 2.58. The summed E-state index contributed by atoms with van der Waals surface area (Å²) in [5.41, 5.74) is 7.39. The van der Waals surface area contributed by atoms with Gasteiger partial charge in [-0.2, -0.15) is 0 Å². The Balaban J connectivity index is 2.16. The van der Waals surface area contributed by atoms with Gasteiger partial charge in [-0.25, -0.2) is 0 Å². The number of hydrogen-bond donors (Lipinski definition) is 1. The van der Waals surface area contributed by atoms with Gasteiger partial charge in [0.15, 0.2) is 0 Å². The molecular weight excluding hydrogens is 228 g/mol. The summed E-state index contributed by atoms with van der Waals surface area (Å²) in [6, 6.07) is 5.32. The summed E-state index contributed by atoms with van der Waals surface area (Å²) < 4.78 is 0. The average Bonchev–Trinajstić information content (AvgIpc) is 3.14. The standard InChI is InChI=1S/C14H16N2O2/c1-2-7-16-12(17)10-8-9(15)3-4-11(10)14(5-6-14)13(16)18/h3-4,8H,2,5-7,15H2,1H3. The molecule has 4 heteroatoms. The van der Waals surface area contributed by atoms with Gasteiger partial charge < -0.3 is 5.73 Å². The SMILES string of the molecule is CCCN1C(=O)c2cc(N)ccc2C2(CC2)C1=O.